The van der Waals surface area contributed by atoms with E-state index in [0.717, 1.165) is 12.8 Å². The van der Waals surface area contributed by atoms with E-state index in [1.54, 1.807) is 0 Å². The van der Waals surface area contributed by atoms with Crippen molar-refractivity contribution in [2.75, 3.05) is 0 Å². The number of carboxylic acids is 2. The van der Waals surface area contributed by atoms with Crippen LogP contribution in [0.2, 0.25) is 0 Å². The van der Waals surface area contributed by atoms with Crippen LogP contribution in [0.4, 0.5) is 0 Å². The molecular weight excluding hydrogens is 200 g/mol. The van der Waals surface area contributed by atoms with Crippen LogP contribution in [0.15, 0.2) is 0 Å². The summed E-state index contributed by atoms with van der Waals surface area (Å²) in [5, 5.41) is 17.4. The van der Waals surface area contributed by atoms with Gasteiger partial charge in [0.1, 0.15) is 0 Å². The van der Waals surface area contributed by atoms with Crippen LogP contribution in [-0.2, 0) is 9.59 Å². The Labute approximate surface area is 106 Å². The first-order chi connectivity index (χ1) is 5.63. The normalized spacial score (nSPS) is 27.4. The average Bonchev–Trinajstić information content (AvgIpc) is 2.04. The molecule has 0 aliphatic heterocycles. The molecule has 1 aliphatic rings. The number of carboxylic acid groups (broad SMARTS) is 2. The van der Waals surface area contributed by atoms with Crippen molar-refractivity contribution in [2.24, 2.45) is 11.8 Å². The molecule has 1 saturated carbocycles. The third kappa shape index (κ3) is 3.44. The molecule has 0 radical (unpaired) electrons. The molecular formula is C8H12CaO4+2. The van der Waals surface area contributed by atoms with Gasteiger partial charge in [0, 0.05) is 0 Å². The fourth-order valence-corrected chi connectivity index (χ4v) is 1.72. The van der Waals surface area contributed by atoms with Gasteiger partial charge in [0.2, 0.25) is 0 Å². The Balaban J connectivity index is 0.00000144. The molecule has 0 saturated heterocycles. The summed E-state index contributed by atoms with van der Waals surface area (Å²) in [6.45, 7) is 0. The van der Waals surface area contributed by atoms with Crippen molar-refractivity contribution in [1.29, 1.82) is 0 Å². The summed E-state index contributed by atoms with van der Waals surface area (Å²) in [5.74, 6) is -3.28. The first kappa shape index (κ1) is 13.2. The molecule has 0 amide bonds. The molecule has 2 N–H and O–H groups in total. The maximum atomic E-state index is 10.6. The summed E-state index contributed by atoms with van der Waals surface area (Å²) >= 11 is 0. The molecule has 2 atom stereocenters. The molecule has 13 heavy (non-hydrogen) atoms. The van der Waals surface area contributed by atoms with Gasteiger partial charge in [-0.2, -0.15) is 0 Å². The molecule has 1 rings (SSSR count). The van der Waals surface area contributed by atoms with Crippen molar-refractivity contribution >= 4 is 49.7 Å². The molecule has 1 aliphatic carbocycles. The predicted molar refractivity (Wildman–Crippen MR) is 46.5 cm³/mol. The summed E-state index contributed by atoms with van der Waals surface area (Å²) in [7, 11) is 0. The molecule has 0 aromatic carbocycles. The van der Waals surface area contributed by atoms with Crippen LogP contribution in [0, 0.1) is 11.8 Å². The third-order valence-corrected chi connectivity index (χ3v) is 2.40. The SMILES string of the molecule is O=C(O)C1CCCCC1C(=O)O.[Ca+2]. The van der Waals surface area contributed by atoms with E-state index in [4.69, 9.17) is 10.2 Å². The Hall–Kier alpha value is 0.200. The van der Waals surface area contributed by atoms with Gasteiger partial charge >= 0.3 is 49.7 Å². The smallest absolute Gasteiger partial charge is 0.481 e. The second kappa shape index (κ2) is 5.83. The van der Waals surface area contributed by atoms with Gasteiger partial charge in [0.15, 0.2) is 0 Å². The zero-order valence-corrected chi connectivity index (χ0v) is 9.61. The van der Waals surface area contributed by atoms with Gasteiger partial charge in [-0.1, -0.05) is 12.8 Å². The van der Waals surface area contributed by atoms with Crippen LogP contribution in [-0.4, -0.2) is 59.9 Å². The molecule has 0 aromatic rings. The number of aliphatic carboxylic acids is 2. The van der Waals surface area contributed by atoms with Gasteiger partial charge in [-0.25, -0.2) is 0 Å². The molecule has 0 aromatic heterocycles. The van der Waals surface area contributed by atoms with Crippen LogP contribution < -0.4 is 0 Å². The second-order valence-electron chi connectivity index (χ2n) is 3.17. The van der Waals surface area contributed by atoms with Gasteiger partial charge in [0.25, 0.3) is 0 Å². The molecule has 0 spiro atoms. The van der Waals surface area contributed by atoms with E-state index >= 15 is 0 Å². The van der Waals surface area contributed by atoms with Crippen LogP contribution in [0.25, 0.3) is 0 Å². The zero-order valence-electron chi connectivity index (χ0n) is 7.40. The van der Waals surface area contributed by atoms with Gasteiger partial charge in [-0.05, 0) is 12.8 Å². The number of hydrogen-bond acceptors (Lipinski definition) is 2. The van der Waals surface area contributed by atoms with E-state index in [1.165, 1.54) is 0 Å². The summed E-state index contributed by atoms with van der Waals surface area (Å²) in [6, 6.07) is 0. The molecule has 0 bridgehead atoms. The van der Waals surface area contributed by atoms with Crippen LogP contribution in [0.3, 0.4) is 0 Å². The van der Waals surface area contributed by atoms with Gasteiger partial charge < -0.3 is 10.2 Å². The van der Waals surface area contributed by atoms with Gasteiger partial charge in [-0.3, -0.25) is 9.59 Å². The van der Waals surface area contributed by atoms with Crippen molar-refractivity contribution < 1.29 is 19.8 Å². The molecule has 4 nitrogen and oxygen atoms in total. The largest absolute Gasteiger partial charge is 2.00 e. The zero-order chi connectivity index (χ0) is 9.14. The predicted octanol–water partition coefficient (Wildman–Crippen LogP) is 0.581. The quantitative estimate of drug-likeness (QED) is 0.657. The molecule has 68 valence electrons. The van der Waals surface area contributed by atoms with Gasteiger partial charge in [0.05, 0.1) is 11.8 Å². The number of rotatable bonds is 2. The van der Waals surface area contributed by atoms with E-state index < -0.39 is 23.8 Å². The number of carbonyl (C=O) groups is 2. The Bertz CT molecular complexity index is 182. The Kier molecular flexibility index (Phi) is 5.92. The van der Waals surface area contributed by atoms with E-state index in [0.29, 0.717) is 12.8 Å². The maximum absolute atomic E-state index is 10.6. The van der Waals surface area contributed by atoms with Crippen molar-refractivity contribution in [3.8, 4) is 0 Å². The minimum Gasteiger partial charge on any atom is -0.481 e. The van der Waals surface area contributed by atoms with Crippen LogP contribution in [0.1, 0.15) is 25.7 Å². The summed E-state index contributed by atoms with van der Waals surface area (Å²) in [4.78, 5) is 21.2. The monoisotopic (exact) mass is 212 g/mol. The topological polar surface area (TPSA) is 74.6 Å². The van der Waals surface area contributed by atoms with Crippen molar-refractivity contribution in [2.45, 2.75) is 25.7 Å². The van der Waals surface area contributed by atoms with Crippen LogP contribution >= 0.6 is 0 Å². The first-order valence-electron chi connectivity index (χ1n) is 4.08. The second-order valence-corrected chi connectivity index (χ2v) is 3.17. The van der Waals surface area contributed by atoms with E-state index in [9.17, 15) is 9.59 Å². The van der Waals surface area contributed by atoms with Crippen molar-refractivity contribution in [3.05, 3.63) is 0 Å². The summed E-state index contributed by atoms with van der Waals surface area (Å²) in [6.07, 6.45) is 2.68. The Morgan fingerprint density at radius 3 is 1.46 bits per heavy atom. The minimum atomic E-state index is -0.970. The average molecular weight is 212 g/mol. The minimum absolute atomic E-state index is 0. The fraction of sp³-hybridized carbons (Fsp3) is 0.750. The van der Waals surface area contributed by atoms with Crippen molar-refractivity contribution in [3.63, 3.8) is 0 Å². The van der Waals surface area contributed by atoms with Crippen LogP contribution in [0.5, 0.6) is 0 Å². The Morgan fingerprint density at radius 2 is 1.23 bits per heavy atom. The van der Waals surface area contributed by atoms with E-state index in [-0.39, 0.29) is 37.7 Å². The van der Waals surface area contributed by atoms with E-state index in [2.05, 4.69) is 0 Å². The Morgan fingerprint density at radius 1 is 0.923 bits per heavy atom. The molecule has 2 unspecified atom stereocenters. The molecule has 1 fully saturated rings. The third-order valence-electron chi connectivity index (χ3n) is 2.40. The first-order valence-corrected chi connectivity index (χ1v) is 4.08. The number of hydrogen-bond donors (Lipinski definition) is 2. The van der Waals surface area contributed by atoms with Crippen molar-refractivity contribution in [1.82, 2.24) is 0 Å². The standard InChI is InChI=1S/C8H12O4.Ca/c9-7(10)5-3-1-2-4-6(5)8(11)12;/h5-6H,1-4H2,(H,9,10)(H,11,12);/q;+2. The fourth-order valence-electron chi connectivity index (χ4n) is 1.72. The molecule has 5 heteroatoms. The van der Waals surface area contributed by atoms with E-state index in [1.807, 2.05) is 0 Å². The summed E-state index contributed by atoms with van der Waals surface area (Å²) in [5.41, 5.74) is 0. The summed E-state index contributed by atoms with van der Waals surface area (Å²) < 4.78 is 0. The molecule has 0 heterocycles. The van der Waals surface area contributed by atoms with Gasteiger partial charge in [-0.15, -0.1) is 0 Å². The maximum Gasteiger partial charge on any atom is 2.00 e.